The van der Waals surface area contributed by atoms with E-state index in [1.807, 2.05) is 0 Å². The van der Waals surface area contributed by atoms with Gasteiger partial charge in [0.05, 0.1) is 49.1 Å². The van der Waals surface area contributed by atoms with Gasteiger partial charge in [-0.15, -0.1) is 0 Å². The molecule has 0 fully saturated rings. The molecule has 0 N–H and O–H groups in total. The summed E-state index contributed by atoms with van der Waals surface area (Å²) < 4.78 is 25.6. The van der Waals surface area contributed by atoms with Crippen LogP contribution in [0.3, 0.4) is 0 Å². The third-order valence-corrected chi connectivity index (χ3v) is 6.25. The quantitative estimate of drug-likeness (QED) is 0.175. The van der Waals surface area contributed by atoms with Gasteiger partial charge in [0.25, 0.3) is 0 Å². The topological polar surface area (TPSA) is 114 Å². The van der Waals surface area contributed by atoms with Crippen LogP contribution in [0, 0.1) is 21.7 Å². The van der Waals surface area contributed by atoms with Crippen LogP contribution in [-0.4, -0.2) is 64.5 Å². The third kappa shape index (κ3) is 11.4. The molecule has 0 aromatic carbocycles. The van der Waals surface area contributed by atoms with E-state index in [1.165, 1.54) is 14.2 Å². The first-order valence-electron chi connectivity index (χ1n) is 12.0. The minimum absolute atomic E-state index is 0.0741. The van der Waals surface area contributed by atoms with Crippen LogP contribution in [0.15, 0.2) is 0 Å². The Morgan fingerprint density at radius 1 is 0.457 bits per heavy atom. The minimum Gasteiger partial charge on any atom is -0.469 e. The number of carbonyl (C=O) groups is 4. The standard InChI is InChI=1S/C26H46O9/c1-23(2,19(27)31-9)11-13-25(5,6)21(29)34-17-15-33-16-18-35-22(30)26(7,8)14-12-24(3,4)20(28)32-10/h11-18H2,1-10H3. The van der Waals surface area contributed by atoms with E-state index in [4.69, 9.17) is 23.7 Å². The lowest BCUT2D eigenvalue weighted by Gasteiger charge is -2.28. The molecule has 0 saturated carbocycles. The van der Waals surface area contributed by atoms with Crippen LogP contribution in [0.4, 0.5) is 0 Å². The van der Waals surface area contributed by atoms with Gasteiger partial charge in [-0.05, 0) is 81.1 Å². The van der Waals surface area contributed by atoms with E-state index in [1.54, 1.807) is 55.4 Å². The average Bonchev–Trinajstić information content (AvgIpc) is 2.79. The minimum atomic E-state index is -0.755. The highest BCUT2D eigenvalue weighted by atomic mass is 16.6. The van der Waals surface area contributed by atoms with E-state index in [0.29, 0.717) is 25.7 Å². The van der Waals surface area contributed by atoms with E-state index < -0.39 is 21.7 Å². The van der Waals surface area contributed by atoms with Crippen molar-refractivity contribution in [3.63, 3.8) is 0 Å². The van der Waals surface area contributed by atoms with Gasteiger partial charge in [0.15, 0.2) is 0 Å². The van der Waals surface area contributed by atoms with Crippen molar-refractivity contribution in [1.82, 2.24) is 0 Å². The average molecular weight is 503 g/mol. The van der Waals surface area contributed by atoms with E-state index in [0.717, 1.165) is 0 Å². The highest BCUT2D eigenvalue weighted by Gasteiger charge is 2.36. The molecule has 0 bridgehead atoms. The summed E-state index contributed by atoms with van der Waals surface area (Å²) in [5, 5.41) is 0. The van der Waals surface area contributed by atoms with Gasteiger partial charge in [-0.1, -0.05) is 0 Å². The number of hydrogen-bond donors (Lipinski definition) is 0. The third-order valence-electron chi connectivity index (χ3n) is 6.25. The van der Waals surface area contributed by atoms with Crippen molar-refractivity contribution in [3.8, 4) is 0 Å². The van der Waals surface area contributed by atoms with Crippen molar-refractivity contribution < 1.29 is 42.9 Å². The maximum absolute atomic E-state index is 12.4. The Balaban J connectivity index is 4.25. The summed E-state index contributed by atoms with van der Waals surface area (Å²) in [5.41, 5.74) is -2.87. The van der Waals surface area contributed by atoms with Gasteiger partial charge in [-0.25, -0.2) is 0 Å². The first kappa shape index (κ1) is 32.8. The van der Waals surface area contributed by atoms with Crippen LogP contribution in [0.1, 0.15) is 81.1 Å². The summed E-state index contributed by atoms with van der Waals surface area (Å²) in [7, 11) is 2.69. The number of carbonyl (C=O) groups excluding carboxylic acids is 4. The first-order chi connectivity index (χ1) is 15.9. The molecule has 0 aromatic rings. The molecule has 0 spiro atoms. The van der Waals surface area contributed by atoms with E-state index in [-0.39, 0.29) is 50.3 Å². The predicted octanol–water partition coefficient (Wildman–Crippen LogP) is 4.10. The molecule has 0 aliphatic rings. The highest BCUT2D eigenvalue weighted by Crippen LogP contribution is 2.33. The van der Waals surface area contributed by atoms with Crippen molar-refractivity contribution in [2.75, 3.05) is 40.6 Å². The maximum atomic E-state index is 12.4. The summed E-state index contributed by atoms with van der Waals surface area (Å²) in [6.07, 6.45) is 1.91. The molecule has 0 aliphatic heterocycles. The molecule has 0 aliphatic carbocycles. The Hall–Kier alpha value is -2.16. The molecular weight excluding hydrogens is 456 g/mol. The van der Waals surface area contributed by atoms with E-state index in [2.05, 4.69) is 0 Å². The van der Waals surface area contributed by atoms with Crippen molar-refractivity contribution in [1.29, 1.82) is 0 Å². The van der Waals surface area contributed by atoms with Crippen LogP contribution >= 0.6 is 0 Å². The lowest BCUT2D eigenvalue weighted by atomic mass is 9.79. The molecule has 0 unspecified atom stereocenters. The van der Waals surface area contributed by atoms with Gasteiger partial charge in [0.2, 0.25) is 0 Å². The molecular formula is C26H46O9. The van der Waals surface area contributed by atoms with Crippen molar-refractivity contribution in [2.24, 2.45) is 21.7 Å². The van der Waals surface area contributed by atoms with Crippen LogP contribution in [0.5, 0.6) is 0 Å². The van der Waals surface area contributed by atoms with Gasteiger partial charge in [-0.2, -0.15) is 0 Å². The van der Waals surface area contributed by atoms with Gasteiger partial charge in [0, 0.05) is 0 Å². The summed E-state index contributed by atoms with van der Waals surface area (Å²) in [4.78, 5) is 48.5. The van der Waals surface area contributed by atoms with E-state index in [9.17, 15) is 19.2 Å². The molecule has 0 amide bonds. The van der Waals surface area contributed by atoms with Gasteiger partial charge < -0.3 is 23.7 Å². The Morgan fingerprint density at radius 3 is 0.971 bits per heavy atom. The molecule has 9 nitrogen and oxygen atoms in total. The van der Waals surface area contributed by atoms with Crippen molar-refractivity contribution in [3.05, 3.63) is 0 Å². The van der Waals surface area contributed by atoms with E-state index >= 15 is 0 Å². The fourth-order valence-electron chi connectivity index (χ4n) is 3.09. The zero-order valence-corrected chi connectivity index (χ0v) is 23.3. The second-order valence-electron chi connectivity index (χ2n) is 11.4. The molecule has 0 saturated heterocycles. The lowest BCUT2D eigenvalue weighted by molar-refractivity contribution is -0.160. The second kappa shape index (κ2) is 13.8. The predicted molar refractivity (Wildman–Crippen MR) is 130 cm³/mol. The molecule has 0 rings (SSSR count). The maximum Gasteiger partial charge on any atom is 0.311 e. The zero-order valence-electron chi connectivity index (χ0n) is 23.3. The summed E-state index contributed by atoms with van der Waals surface area (Å²) >= 11 is 0. The highest BCUT2D eigenvalue weighted by molar-refractivity contribution is 5.78. The molecule has 9 heteroatoms. The number of ether oxygens (including phenoxy) is 5. The zero-order chi connectivity index (χ0) is 27.5. The van der Waals surface area contributed by atoms with Gasteiger partial charge >= 0.3 is 23.9 Å². The fraction of sp³-hybridized carbons (Fsp3) is 0.846. The smallest absolute Gasteiger partial charge is 0.311 e. The SMILES string of the molecule is COC(=O)C(C)(C)CCC(C)(C)C(=O)OCCOCCOC(=O)C(C)(C)CCC(C)(C)C(=O)OC. The van der Waals surface area contributed by atoms with Crippen LogP contribution < -0.4 is 0 Å². The number of hydrogen-bond acceptors (Lipinski definition) is 9. The lowest BCUT2D eigenvalue weighted by Crippen LogP contribution is -2.32. The normalized spacial score (nSPS) is 12.6. The fourth-order valence-corrected chi connectivity index (χ4v) is 3.09. The molecule has 204 valence electrons. The van der Waals surface area contributed by atoms with Crippen molar-refractivity contribution >= 4 is 23.9 Å². The Morgan fingerprint density at radius 2 is 0.714 bits per heavy atom. The van der Waals surface area contributed by atoms with Crippen LogP contribution in [0.25, 0.3) is 0 Å². The Bertz CT molecular complexity index is 660. The molecule has 0 aromatic heterocycles. The number of esters is 4. The monoisotopic (exact) mass is 502 g/mol. The summed E-state index contributed by atoms with van der Waals surface area (Å²) in [6, 6.07) is 0. The summed E-state index contributed by atoms with van der Waals surface area (Å²) in [6.45, 7) is 14.7. The van der Waals surface area contributed by atoms with Gasteiger partial charge in [0.1, 0.15) is 13.2 Å². The molecule has 0 heterocycles. The molecule has 0 atom stereocenters. The largest absolute Gasteiger partial charge is 0.469 e. The molecule has 0 radical (unpaired) electrons. The van der Waals surface area contributed by atoms with Crippen LogP contribution in [-0.2, 0) is 42.9 Å². The summed E-state index contributed by atoms with van der Waals surface area (Å²) in [5.74, 6) is -1.37. The van der Waals surface area contributed by atoms with Crippen molar-refractivity contribution in [2.45, 2.75) is 81.1 Å². The number of methoxy groups -OCH3 is 2. The van der Waals surface area contributed by atoms with Gasteiger partial charge in [-0.3, -0.25) is 19.2 Å². The first-order valence-corrected chi connectivity index (χ1v) is 12.0. The Kier molecular flexibility index (Phi) is 13.0. The second-order valence-corrected chi connectivity index (χ2v) is 11.4. The van der Waals surface area contributed by atoms with Crippen LogP contribution in [0.2, 0.25) is 0 Å². The molecule has 35 heavy (non-hydrogen) atoms. The number of rotatable bonds is 16. The Labute approximate surface area is 210 Å².